The number of hydrogen-bond donors (Lipinski definition) is 2. The first-order valence-corrected chi connectivity index (χ1v) is 22.0. The number of carbonyl (C=O) groups excluding carboxylic acids is 2. The van der Waals surface area contributed by atoms with Crippen molar-refractivity contribution >= 4 is 68.7 Å². The average Bonchev–Trinajstić information content (AvgIpc) is 4.08. The summed E-state index contributed by atoms with van der Waals surface area (Å²) in [7, 11) is 0. The number of carbonyl (C=O) groups is 2. The molecule has 2 fully saturated rings. The fourth-order valence-corrected chi connectivity index (χ4v) is 8.22. The molecule has 2 heterocycles. The van der Waals surface area contributed by atoms with Crippen molar-refractivity contribution in [1.29, 1.82) is 0 Å². The van der Waals surface area contributed by atoms with Gasteiger partial charge < -0.3 is 9.80 Å². The maximum atomic E-state index is 10.7. The van der Waals surface area contributed by atoms with E-state index < -0.39 is 17.9 Å². The Hall–Kier alpha value is -4.36. The van der Waals surface area contributed by atoms with Gasteiger partial charge in [0.2, 0.25) is 0 Å². The summed E-state index contributed by atoms with van der Waals surface area (Å²) in [5.74, 6) is 0.0304. The van der Waals surface area contributed by atoms with Crippen LogP contribution in [0.1, 0.15) is 63.5 Å². The minimum absolute atomic E-state index is 0. The van der Waals surface area contributed by atoms with Gasteiger partial charge in [-0.3, -0.25) is 0 Å². The molecule has 0 atom stereocenters. The SMILES string of the molecule is CCC(=O)[NH][Ga][NH]C(=O)CC.[C-](=CC=Cc1ccccc1)c1ccccc1.[Zr+3].c1ccc2c(N3CCCC3)c[cH-]c2c1.c1ccc2c(N3CCCC3)c[cH-]c2c1. The summed E-state index contributed by atoms with van der Waals surface area (Å²) >= 11 is -1.05. The van der Waals surface area contributed by atoms with Gasteiger partial charge in [-0.15, -0.1) is 130 Å². The van der Waals surface area contributed by atoms with E-state index in [1.165, 1.54) is 90.3 Å². The predicted octanol–water partition coefficient (Wildman–Crippen LogP) is 10.00. The topological polar surface area (TPSA) is 64.7 Å². The molecule has 2 N–H and O–H groups in total. The van der Waals surface area contributed by atoms with Crippen molar-refractivity contribution in [2.75, 3.05) is 36.0 Å². The molecule has 0 unspecified atom stereocenters. The Morgan fingerprint density at radius 1 is 0.643 bits per heavy atom. The molecule has 0 spiro atoms. The minimum atomic E-state index is -1.05. The fourth-order valence-electron chi connectivity index (χ4n) is 6.54. The summed E-state index contributed by atoms with van der Waals surface area (Å²) in [5, 5.41) is 5.56. The third-order valence-corrected chi connectivity index (χ3v) is 11.5. The molecular weight excluding hydrogens is 826 g/mol. The van der Waals surface area contributed by atoms with Crippen LogP contribution in [0.3, 0.4) is 0 Å². The maximum Gasteiger partial charge on any atom is 3.00 e. The molecule has 284 valence electrons. The van der Waals surface area contributed by atoms with E-state index in [1.54, 1.807) is 13.8 Å². The van der Waals surface area contributed by atoms with Crippen LogP contribution in [0.2, 0.25) is 0 Å². The van der Waals surface area contributed by atoms with Crippen LogP contribution in [0, 0.1) is 6.08 Å². The number of amides is 2. The van der Waals surface area contributed by atoms with Gasteiger partial charge in [0, 0.05) is 26.2 Å². The summed E-state index contributed by atoms with van der Waals surface area (Å²) in [4.78, 5) is 26.3. The number of benzene rings is 4. The number of hydrogen-bond acceptors (Lipinski definition) is 4. The van der Waals surface area contributed by atoms with Gasteiger partial charge >= 0.3 is 100 Å². The molecule has 2 aliphatic heterocycles. The number of fused-ring (bicyclic) bond motifs is 2. The Kier molecular flexibility index (Phi) is 19.8. The molecule has 0 aliphatic carbocycles. The van der Waals surface area contributed by atoms with Gasteiger partial charge in [-0.1, -0.05) is 66.0 Å². The first kappa shape index (κ1) is 44.4. The standard InChI is InChI=1S/C16H13.2C13H14N.2C3H7NO.Ga.Zr/c1-3-9-15(10-4-1)13-7-8-14-16-11-5-2-6-12-16;2*1-2-6-12-11(5-1)7-8-13(12)14-9-3-4-10-14;2*1-2-3(4)5;;/h1-13H;2*1-2,5-8H,3-4,9-10H2;2*2H2,1H3,(H2,4,5);;/q3*-1;;;+2;+3/p-2. The largest absolute Gasteiger partial charge is 3.00 e. The van der Waals surface area contributed by atoms with E-state index in [4.69, 9.17) is 0 Å². The summed E-state index contributed by atoms with van der Waals surface area (Å²) < 4.78 is 5.37. The van der Waals surface area contributed by atoms with Gasteiger partial charge in [0.1, 0.15) is 0 Å². The van der Waals surface area contributed by atoms with E-state index in [0.29, 0.717) is 12.8 Å². The normalized spacial score (nSPS) is 13.2. The number of anilines is 2. The first-order valence-electron chi connectivity index (χ1n) is 19.6. The Morgan fingerprint density at radius 2 is 1.07 bits per heavy atom. The monoisotopic (exact) mass is 876 g/mol. The summed E-state index contributed by atoms with van der Waals surface area (Å²) in [6.07, 6.45) is 15.6. The molecular formula is C48H53GaN4O2Zr. The zero-order valence-electron chi connectivity index (χ0n) is 32.8. The van der Waals surface area contributed by atoms with Crippen molar-refractivity contribution in [2.45, 2.75) is 52.4 Å². The smallest absolute Gasteiger partial charge is 0.417 e. The van der Waals surface area contributed by atoms with Gasteiger partial charge in [0.15, 0.2) is 0 Å². The minimum Gasteiger partial charge on any atom is -0.417 e. The summed E-state index contributed by atoms with van der Waals surface area (Å²) in [5.41, 5.74) is 5.16. The van der Waals surface area contributed by atoms with Crippen molar-refractivity contribution in [3.63, 3.8) is 0 Å². The third kappa shape index (κ3) is 14.3. The Balaban J connectivity index is 0.000000166. The Labute approximate surface area is 361 Å². The predicted molar refractivity (Wildman–Crippen MR) is 233 cm³/mol. The van der Waals surface area contributed by atoms with Gasteiger partial charge in [0.25, 0.3) is 0 Å². The van der Waals surface area contributed by atoms with Gasteiger partial charge in [-0.25, -0.2) is 0 Å². The molecule has 2 saturated heterocycles. The van der Waals surface area contributed by atoms with Gasteiger partial charge in [-0.2, -0.15) is 0 Å². The summed E-state index contributed by atoms with van der Waals surface area (Å²) in [6, 6.07) is 46.6. The third-order valence-electron chi connectivity index (χ3n) is 9.53. The quantitative estimate of drug-likeness (QED) is 0.0863. The van der Waals surface area contributed by atoms with Crippen LogP contribution in [0.15, 0.2) is 146 Å². The van der Waals surface area contributed by atoms with Crippen molar-refractivity contribution in [3.05, 3.63) is 163 Å². The van der Waals surface area contributed by atoms with Crippen LogP contribution in [-0.4, -0.2) is 55.9 Å². The number of rotatable bonds is 9. The van der Waals surface area contributed by atoms with Crippen LogP contribution in [0.4, 0.5) is 11.4 Å². The molecule has 6 aromatic rings. The maximum absolute atomic E-state index is 10.7. The van der Waals surface area contributed by atoms with Crippen molar-refractivity contribution < 1.29 is 35.8 Å². The Morgan fingerprint density at radius 3 is 1.54 bits per heavy atom. The van der Waals surface area contributed by atoms with Crippen molar-refractivity contribution in [2.24, 2.45) is 0 Å². The van der Waals surface area contributed by atoms with Crippen LogP contribution in [0.5, 0.6) is 0 Å². The number of allylic oxidation sites excluding steroid dienone is 2. The first-order chi connectivity index (χ1) is 27.1. The van der Waals surface area contributed by atoms with E-state index in [1.807, 2.05) is 60.7 Å². The average molecular weight is 879 g/mol. The van der Waals surface area contributed by atoms with E-state index in [0.717, 1.165) is 5.56 Å². The number of nitrogens with one attached hydrogen (secondary N) is 2. The second-order valence-electron chi connectivity index (χ2n) is 13.4. The van der Waals surface area contributed by atoms with Crippen LogP contribution < -0.4 is 17.8 Å². The van der Waals surface area contributed by atoms with E-state index in [2.05, 4.69) is 115 Å². The van der Waals surface area contributed by atoms with Gasteiger partial charge in [-0.05, 0) is 31.2 Å². The number of nitrogens with zero attached hydrogens (tertiary/aromatic N) is 2. The molecule has 6 aromatic carbocycles. The molecule has 56 heavy (non-hydrogen) atoms. The van der Waals surface area contributed by atoms with E-state index >= 15 is 0 Å². The molecule has 0 bridgehead atoms. The van der Waals surface area contributed by atoms with Crippen LogP contribution in [0.25, 0.3) is 27.6 Å². The second kappa shape index (κ2) is 25.0. The zero-order chi connectivity index (χ0) is 38.5. The molecule has 2 aliphatic rings. The summed E-state index contributed by atoms with van der Waals surface area (Å²) in [6.45, 7) is 8.49. The van der Waals surface area contributed by atoms with Gasteiger partial charge in [0.05, 0.1) is 0 Å². The fraction of sp³-hybridized carbons (Fsp3) is 0.250. The molecule has 2 radical (unpaired) electrons. The molecule has 2 amide bonds. The molecule has 8 heteroatoms. The van der Waals surface area contributed by atoms with E-state index in [-0.39, 0.29) is 38.0 Å². The molecule has 6 nitrogen and oxygen atoms in total. The van der Waals surface area contributed by atoms with Crippen LogP contribution >= 0.6 is 0 Å². The van der Waals surface area contributed by atoms with Crippen molar-refractivity contribution in [1.82, 2.24) is 8.05 Å². The van der Waals surface area contributed by atoms with Crippen LogP contribution in [-0.2, 0) is 35.8 Å². The Bertz CT molecular complexity index is 1930. The molecule has 0 saturated carbocycles. The zero-order valence-corrected chi connectivity index (χ0v) is 37.7. The molecule has 8 rings (SSSR count). The molecule has 0 aromatic heterocycles. The second-order valence-corrected chi connectivity index (χ2v) is 15.3. The van der Waals surface area contributed by atoms with E-state index in [9.17, 15) is 9.59 Å². The van der Waals surface area contributed by atoms with Crippen molar-refractivity contribution in [3.8, 4) is 0 Å².